The van der Waals surface area contributed by atoms with Gasteiger partial charge in [-0.2, -0.15) is 13.2 Å². The highest BCUT2D eigenvalue weighted by Crippen LogP contribution is 2.27. The number of nitrogens with zero attached hydrogens (tertiary/aromatic N) is 1. The van der Waals surface area contributed by atoms with E-state index in [4.69, 9.17) is 14.6 Å². The van der Waals surface area contributed by atoms with Crippen LogP contribution >= 0.6 is 0 Å². The number of carbonyl (C=O) groups is 3. The number of H-pyrrole nitrogens is 1. The van der Waals surface area contributed by atoms with E-state index < -0.39 is 12.1 Å². The van der Waals surface area contributed by atoms with Crippen LogP contribution in [-0.2, 0) is 16.0 Å². The van der Waals surface area contributed by atoms with Gasteiger partial charge in [0.25, 0.3) is 5.91 Å². The van der Waals surface area contributed by atoms with E-state index in [2.05, 4.69) is 15.3 Å². The lowest BCUT2D eigenvalue weighted by atomic mass is 10.1. The Labute approximate surface area is 185 Å². The maximum Gasteiger partial charge on any atom is 0.490 e. The number of nitrogens with one attached hydrogen (secondary N) is 2. The number of aliphatic carboxylic acids is 1. The molecule has 3 aromatic rings. The van der Waals surface area contributed by atoms with Crippen molar-refractivity contribution in [3.05, 3.63) is 65.5 Å². The second kappa shape index (κ2) is 9.55. The Hall–Kier alpha value is -4.15. The van der Waals surface area contributed by atoms with E-state index in [1.807, 2.05) is 30.3 Å². The quantitative estimate of drug-likeness (QED) is 0.514. The molecule has 1 aromatic carbocycles. The van der Waals surface area contributed by atoms with Gasteiger partial charge in [0.05, 0.1) is 23.9 Å². The molecule has 8 nitrogen and oxygen atoms in total. The number of amides is 1. The number of carboxylic acid groups (broad SMARTS) is 1. The molecule has 0 radical (unpaired) electrons. The molecule has 0 aliphatic carbocycles. The van der Waals surface area contributed by atoms with Gasteiger partial charge >= 0.3 is 18.1 Å². The lowest BCUT2D eigenvalue weighted by Crippen LogP contribution is -2.31. The number of aromatic nitrogens is 2. The van der Waals surface area contributed by atoms with Gasteiger partial charge in [0.2, 0.25) is 0 Å². The van der Waals surface area contributed by atoms with Gasteiger partial charge in [-0.25, -0.2) is 9.59 Å². The molecule has 3 N–H and O–H groups in total. The summed E-state index contributed by atoms with van der Waals surface area (Å²) in [6, 6.07) is 12.9. The number of benzene rings is 1. The summed E-state index contributed by atoms with van der Waals surface area (Å²) in [5, 5.41) is 9.98. The fourth-order valence-corrected chi connectivity index (χ4v) is 3.10. The van der Waals surface area contributed by atoms with Gasteiger partial charge in [0.15, 0.2) is 0 Å². The molecule has 0 bridgehead atoms. The molecule has 0 unspecified atom stereocenters. The zero-order chi connectivity index (χ0) is 24.2. The van der Waals surface area contributed by atoms with E-state index in [1.165, 1.54) is 7.11 Å². The van der Waals surface area contributed by atoms with Crippen molar-refractivity contribution in [1.29, 1.82) is 0 Å². The minimum absolute atomic E-state index is 0.0403. The maximum absolute atomic E-state index is 11.9. The summed E-state index contributed by atoms with van der Waals surface area (Å²) in [4.78, 5) is 40.2. The number of fused-ring (bicyclic) bond motifs is 1. The molecule has 1 aliphatic rings. The molecule has 0 atom stereocenters. The third-order valence-corrected chi connectivity index (χ3v) is 4.72. The molecule has 172 valence electrons. The Bertz CT molecular complexity index is 1190. The van der Waals surface area contributed by atoms with Gasteiger partial charge in [0, 0.05) is 41.7 Å². The van der Waals surface area contributed by atoms with Crippen LogP contribution < -0.4 is 5.32 Å². The van der Waals surface area contributed by atoms with Crippen LogP contribution in [0.15, 0.2) is 48.7 Å². The summed E-state index contributed by atoms with van der Waals surface area (Å²) in [6.07, 6.45) is -2.55. The number of carboxylic acids is 1. The van der Waals surface area contributed by atoms with E-state index in [1.54, 1.807) is 18.3 Å². The summed E-state index contributed by atoms with van der Waals surface area (Å²) in [5.41, 5.74) is 5.69. The van der Waals surface area contributed by atoms with Gasteiger partial charge in [-0.1, -0.05) is 12.1 Å². The summed E-state index contributed by atoms with van der Waals surface area (Å²) in [5.74, 6) is -3.16. The minimum Gasteiger partial charge on any atom is -0.475 e. The number of aromatic amines is 1. The van der Waals surface area contributed by atoms with Crippen LogP contribution in [0.5, 0.6) is 0 Å². The normalized spacial score (nSPS) is 12.7. The Morgan fingerprint density at radius 3 is 2.33 bits per heavy atom. The van der Waals surface area contributed by atoms with Gasteiger partial charge in [-0.05, 0) is 30.3 Å². The number of rotatable bonds is 3. The monoisotopic (exact) mass is 461 g/mol. The van der Waals surface area contributed by atoms with Crippen LogP contribution in [-0.4, -0.2) is 52.8 Å². The van der Waals surface area contributed by atoms with Crippen molar-refractivity contribution in [3.8, 4) is 22.5 Å². The van der Waals surface area contributed by atoms with Crippen LogP contribution in [0, 0.1) is 0 Å². The van der Waals surface area contributed by atoms with Gasteiger partial charge in [0.1, 0.15) is 0 Å². The minimum atomic E-state index is -5.08. The molecule has 3 heterocycles. The van der Waals surface area contributed by atoms with E-state index >= 15 is 0 Å². The average molecular weight is 461 g/mol. The summed E-state index contributed by atoms with van der Waals surface area (Å²) in [7, 11) is 1.36. The van der Waals surface area contributed by atoms with Crippen LogP contribution in [0.2, 0.25) is 0 Å². The van der Waals surface area contributed by atoms with E-state index in [0.29, 0.717) is 17.7 Å². The molecule has 1 aliphatic heterocycles. The second-order valence-electron chi connectivity index (χ2n) is 6.88. The first-order valence-corrected chi connectivity index (χ1v) is 9.55. The molecule has 0 fully saturated rings. The highest BCUT2D eigenvalue weighted by Gasteiger charge is 2.38. The number of pyridine rings is 1. The molecule has 0 spiro atoms. The number of carbonyl (C=O) groups excluding carboxylic acids is 2. The molecule has 4 rings (SSSR count). The fraction of sp³-hybridized carbons (Fsp3) is 0.182. The SMILES string of the molecule is COC(=O)c1ccc(-c2cc(-c3cc4c([nH]3)CCNC4=O)ccn2)cc1.O=C(O)C(F)(F)F. The average Bonchev–Trinajstić information content (AvgIpc) is 3.24. The van der Waals surface area contributed by atoms with Crippen molar-refractivity contribution in [2.24, 2.45) is 0 Å². The first kappa shape index (κ1) is 23.5. The molecule has 2 aromatic heterocycles. The Morgan fingerprint density at radius 2 is 1.76 bits per heavy atom. The molecule has 1 amide bonds. The number of esters is 1. The van der Waals surface area contributed by atoms with E-state index in [9.17, 15) is 22.8 Å². The number of methoxy groups -OCH3 is 1. The van der Waals surface area contributed by atoms with E-state index in [-0.39, 0.29) is 11.9 Å². The van der Waals surface area contributed by atoms with E-state index in [0.717, 1.165) is 34.6 Å². The van der Waals surface area contributed by atoms with Crippen LogP contribution in [0.25, 0.3) is 22.5 Å². The number of halogens is 3. The molecule has 11 heteroatoms. The smallest absolute Gasteiger partial charge is 0.475 e. The van der Waals surface area contributed by atoms with Crippen molar-refractivity contribution in [2.75, 3.05) is 13.7 Å². The number of ether oxygens (including phenoxy) is 1. The van der Waals surface area contributed by atoms with Crippen LogP contribution in [0.4, 0.5) is 13.2 Å². The maximum atomic E-state index is 11.9. The van der Waals surface area contributed by atoms with Crippen LogP contribution in [0.3, 0.4) is 0 Å². The lowest BCUT2D eigenvalue weighted by molar-refractivity contribution is -0.192. The summed E-state index contributed by atoms with van der Waals surface area (Å²) >= 11 is 0. The van der Waals surface area contributed by atoms with Crippen molar-refractivity contribution in [2.45, 2.75) is 12.6 Å². The first-order valence-electron chi connectivity index (χ1n) is 9.55. The highest BCUT2D eigenvalue weighted by atomic mass is 19.4. The topological polar surface area (TPSA) is 121 Å². The second-order valence-corrected chi connectivity index (χ2v) is 6.88. The fourth-order valence-electron chi connectivity index (χ4n) is 3.10. The predicted octanol–water partition coefficient (Wildman–Crippen LogP) is 3.45. The largest absolute Gasteiger partial charge is 0.490 e. The lowest BCUT2D eigenvalue weighted by Gasteiger charge is -2.10. The Balaban J connectivity index is 0.000000383. The van der Waals surface area contributed by atoms with Crippen LogP contribution in [0.1, 0.15) is 26.4 Å². The predicted molar refractivity (Wildman–Crippen MR) is 111 cm³/mol. The van der Waals surface area contributed by atoms with Crippen molar-refractivity contribution in [1.82, 2.24) is 15.3 Å². The third kappa shape index (κ3) is 5.56. The van der Waals surface area contributed by atoms with Gasteiger partial charge in [-0.15, -0.1) is 0 Å². The zero-order valence-corrected chi connectivity index (χ0v) is 17.2. The van der Waals surface area contributed by atoms with Gasteiger partial charge < -0.3 is 20.1 Å². The number of hydrogen-bond acceptors (Lipinski definition) is 5. The molecular weight excluding hydrogens is 443 g/mol. The standard InChI is InChI=1S/C20H17N3O3.C2HF3O2/c1-26-20(25)13-4-2-12(3-5-13)17-10-14(6-8-21-17)18-11-15-16(23-18)7-9-22-19(15)24;3-2(4,5)1(6)7/h2-6,8,10-11,23H,7,9H2,1H3,(H,22,24);(H,6,7). The molecular formula is C22H18F3N3O5. The summed E-state index contributed by atoms with van der Waals surface area (Å²) < 4.78 is 36.5. The molecule has 0 saturated carbocycles. The molecule has 33 heavy (non-hydrogen) atoms. The Morgan fingerprint density at radius 1 is 1.09 bits per heavy atom. The third-order valence-electron chi connectivity index (χ3n) is 4.72. The number of alkyl halides is 3. The van der Waals surface area contributed by atoms with Crippen molar-refractivity contribution in [3.63, 3.8) is 0 Å². The zero-order valence-electron chi connectivity index (χ0n) is 17.2. The first-order chi connectivity index (χ1) is 15.6. The van der Waals surface area contributed by atoms with Crippen molar-refractivity contribution < 1.29 is 37.4 Å². The van der Waals surface area contributed by atoms with Crippen molar-refractivity contribution >= 4 is 17.8 Å². The highest BCUT2D eigenvalue weighted by molar-refractivity contribution is 5.97. The van der Waals surface area contributed by atoms with Gasteiger partial charge in [-0.3, -0.25) is 9.78 Å². The Kier molecular flexibility index (Phi) is 6.80. The number of hydrogen-bond donors (Lipinski definition) is 3. The molecule has 0 saturated heterocycles. The summed E-state index contributed by atoms with van der Waals surface area (Å²) in [6.45, 7) is 0.653.